The standard InChI is InChI=1S/C22H26N2O2.ClH/c1-15-7-8-18(13-16(15)2)21(25)19-5-3-4-6-20(19)22(26)24-12-10-17-9-11-23-14-17;/h3-8,13,17,23H,9-12,14H2,1-2H3,(H,24,26);1H. The SMILES string of the molecule is Cc1ccc(C(=O)c2ccccc2C(=O)NCCC2CCNC2)cc1C.Cl. The van der Waals surface area contributed by atoms with E-state index >= 15 is 0 Å². The Balaban J connectivity index is 0.00000261. The van der Waals surface area contributed by atoms with E-state index in [1.54, 1.807) is 24.3 Å². The molecule has 1 heterocycles. The van der Waals surface area contributed by atoms with Crippen molar-refractivity contribution in [3.05, 3.63) is 70.3 Å². The number of hydrogen-bond donors (Lipinski definition) is 2. The molecule has 1 amide bonds. The van der Waals surface area contributed by atoms with E-state index in [0.29, 0.717) is 29.2 Å². The lowest BCUT2D eigenvalue weighted by Crippen LogP contribution is -2.28. The smallest absolute Gasteiger partial charge is 0.252 e. The summed E-state index contributed by atoms with van der Waals surface area (Å²) < 4.78 is 0. The van der Waals surface area contributed by atoms with Crippen LogP contribution in [0.3, 0.4) is 0 Å². The molecule has 1 saturated heterocycles. The van der Waals surface area contributed by atoms with Crippen molar-refractivity contribution >= 4 is 24.1 Å². The van der Waals surface area contributed by atoms with E-state index < -0.39 is 0 Å². The highest BCUT2D eigenvalue weighted by molar-refractivity contribution is 6.15. The number of ketones is 1. The van der Waals surface area contributed by atoms with Crippen LogP contribution in [0.25, 0.3) is 0 Å². The van der Waals surface area contributed by atoms with Crippen molar-refractivity contribution in [1.82, 2.24) is 10.6 Å². The predicted octanol–water partition coefficient (Wildman–Crippen LogP) is 3.69. The number of hydrogen-bond acceptors (Lipinski definition) is 3. The summed E-state index contributed by atoms with van der Waals surface area (Å²) in [6.45, 7) is 6.73. The van der Waals surface area contributed by atoms with E-state index in [4.69, 9.17) is 0 Å². The van der Waals surface area contributed by atoms with Gasteiger partial charge in [-0.05, 0) is 69.0 Å². The molecular formula is C22H27ClN2O2. The quantitative estimate of drug-likeness (QED) is 0.744. The Bertz CT molecular complexity index is 814. The fourth-order valence-corrected chi connectivity index (χ4v) is 3.36. The molecule has 144 valence electrons. The summed E-state index contributed by atoms with van der Waals surface area (Å²) in [5, 5.41) is 6.31. The largest absolute Gasteiger partial charge is 0.352 e. The molecule has 1 aliphatic rings. The molecule has 0 aromatic heterocycles. The topological polar surface area (TPSA) is 58.2 Å². The molecule has 0 radical (unpaired) electrons. The minimum absolute atomic E-state index is 0. The van der Waals surface area contributed by atoms with Gasteiger partial charge in [-0.15, -0.1) is 12.4 Å². The van der Waals surface area contributed by atoms with Gasteiger partial charge >= 0.3 is 0 Å². The van der Waals surface area contributed by atoms with Gasteiger partial charge in [0.1, 0.15) is 0 Å². The van der Waals surface area contributed by atoms with Crippen LogP contribution in [0.4, 0.5) is 0 Å². The Labute approximate surface area is 167 Å². The van der Waals surface area contributed by atoms with Crippen molar-refractivity contribution in [1.29, 1.82) is 0 Å². The van der Waals surface area contributed by atoms with Gasteiger partial charge in [0.05, 0.1) is 5.56 Å². The Morgan fingerprint density at radius 3 is 2.48 bits per heavy atom. The Morgan fingerprint density at radius 2 is 1.81 bits per heavy atom. The minimum Gasteiger partial charge on any atom is -0.352 e. The first kappa shape index (κ1) is 21.1. The van der Waals surface area contributed by atoms with Crippen molar-refractivity contribution in [3.8, 4) is 0 Å². The van der Waals surface area contributed by atoms with Crippen LogP contribution in [-0.2, 0) is 0 Å². The van der Waals surface area contributed by atoms with Gasteiger partial charge in [0.2, 0.25) is 0 Å². The van der Waals surface area contributed by atoms with Crippen molar-refractivity contribution in [2.24, 2.45) is 5.92 Å². The molecular weight excluding hydrogens is 360 g/mol. The monoisotopic (exact) mass is 386 g/mol. The zero-order valence-corrected chi connectivity index (χ0v) is 16.7. The summed E-state index contributed by atoms with van der Waals surface area (Å²) in [5.74, 6) is 0.338. The molecule has 2 aromatic carbocycles. The highest BCUT2D eigenvalue weighted by atomic mass is 35.5. The second-order valence-corrected chi connectivity index (χ2v) is 7.08. The van der Waals surface area contributed by atoms with Crippen molar-refractivity contribution in [2.75, 3.05) is 19.6 Å². The molecule has 0 saturated carbocycles. The van der Waals surface area contributed by atoms with Crippen molar-refractivity contribution in [2.45, 2.75) is 26.7 Å². The number of rotatable bonds is 6. The van der Waals surface area contributed by atoms with Gasteiger partial charge in [-0.1, -0.05) is 30.3 Å². The second kappa shape index (κ2) is 9.67. The van der Waals surface area contributed by atoms with Gasteiger partial charge in [0, 0.05) is 17.7 Å². The fraction of sp³-hybridized carbons (Fsp3) is 0.364. The van der Waals surface area contributed by atoms with Gasteiger partial charge in [-0.25, -0.2) is 0 Å². The van der Waals surface area contributed by atoms with Crippen LogP contribution in [0.1, 0.15) is 50.2 Å². The molecule has 1 aliphatic heterocycles. The number of amides is 1. The highest BCUT2D eigenvalue weighted by Gasteiger charge is 2.19. The summed E-state index contributed by atoms with van der Waals surface area (Å²) in [6, 6.07) is 12.7. The Morgan fingerprint density at radius 1 is 1.07 bits per heavy atom. The van der Waals surface area contributed by atoms with Crippen LogP contribution >= 0.6 is 12.4 Å². The van der Waals surface area contributed by atoms with Gasteiger partial charge in [0.15, 0.2) is 5.78 Å². The molecule has 5 heteroatoms. The van der Waals surface area contributed by atoms with E-state index in [9.17, 15) is 9.59 Å². The van der Waals surface area contributed by atoms with Crippen LogP contribution in [0.5, 0.6) is 0 Å². The molecule has 0 spiro atoms. The van der Waals surface area contributed by atoms with Gasteiger partial charge in [-0.2, -0.15) is 0 Å². The minimum atomic E-state index is -0.177. The fourth-order valence-electron chi connectivity index (χ4n) is 3.36. The molecule has 27 heavy (non-hydrogen) atoms. The first-order valence-corrected chi connectivity index (χ1v) is 9.26. The summed E-state index contributed by atoms with van der Waals surface area (Å²) in [5.41, 5.74) is 3.73. The van der Waals surface area contributed by atoms with Crippen molar-refractivity contribution < 1.29 is 9.59 Å². The van der Waals surface area contributed by atoms with E-state index in [-0.39, 0.29) is 24.1 Å². The summed E-state index contributed by atoms with van der Waals surface area (Å²) >= 11 is 0. The number of benzene rings is 2. The Kier molecular flexibility index (Phi) is 7.57. The number of aryl methyl sites for hydroxylation is 2. The molecule has 1 fully saturated rings. The highest BCUT2D eigenvalue weighted by Crippen LogP contribution is 2.18. The third-order valence-corrected chi connectivity index (χ3v) is 5.19. The third kappa shape index (κ3) is 5.18. The predicted molar refractivity (Wildman–Crippen MR) is 111 cm³/mol. The average Bonchev–Trinajstić information content (AvgIpc) is 3.17. The maximum Gasteiger partial charge on any atom is 0.252 e. The van der Waals surface area contributed by atoms with Crippen LogP contribution in [-0.4, -0.2) is 31.3 Å². The summed E-state index contributed by atoms with van der Waals surface area (Å²) in [7, 11) is 0. The third-order valence-electron chi connectivity index (χ3n) is 5.19. The van der Waals surface area contributed by atoms with Gasteiger partial charge in [-0.3, -0.25) is 9.59 Å². The lowest BCUT2D eigenvalue weighted by atomic mass is 9.95. The zero-order chi connectivity index (χ0) is 18.5. The summed E-state index contributed by atoms with van der Waals surface area (Å²) in [4.78, 5) is 25.5. The zero-order valence-electron chi connectivity index (χ0n) is 15.9. The van der Waals surface area contributed by atoms with E-state index in [0.717, 1.165) is 37.1 Å². The van der Waals surface area contributed by atoms with E-state index in [1.165, 1.54) is 0 Å². The van der Waals surface area contributed by atoms with Gasteiger partial charge in [0.25, 0.3) is 5.91 Å². The molecule has 1 atom stereocenters. The van der Waals surface area contributed by atoms with E-state index in [2.05, 4.69) is 10.6 Å². The number of nitrogens with one attached hydrogen (secondary N) is 2. The lowest BCUT2D eigenvalue weighted by Gasteiger charge is -2.12. The summed E-state index contributed by atoms with van der Waals surface area (Å²) in [6.07, 6.45) is 2.13. The van der Waals surface area contributed by atoms with E-state index in [1.807, 2.05) is 32.0 Å². The maximum absolute atomic E-state index is 12.9. The molecule has 0 aliphatic carbocycles. The molecule has 4 nitrogen and oxygen atoms in total. The Hall–Kier alpha value is -2.17. The van der Waals surface area contributed by atoms with Crippen LogP contribution < -0.4 is 10.6 Å². The average molecular weight is 387 g/mol. The maximum atomic E-state index is 12.9. The number of halogens is 1. The van der Waals surface area contributed by atoms with Crippen LogP contribution in [0.15, 0.2) is 42.5 Å². The molecule has 0 bridgehead atoms. The van der Waals surface area contributed by atoms with Gasteiger partial charge < -0.3 is 10.6 Å². The van der Waals surface area contributed by atoms with Crippen LogP contribution in [0.2, 0.25) is 0 Å². The normalized spacial score (nSPS) is 15.9. The first-order valence-electron chi connectivity index (χ1n) is 9.26. The number of carbonyl (C=O) groups is 2. The van der Waals surface area contributed by atoms with Crippen molar-refractivity contribution in [3.63, 3.8) is 0 Å². The number of carbonyl (C=O) groups excluding carboxylic acids is 2. The molecule has 2 aromatic rings. The second-order valence-electron chi connectivity index (χ2n) is 7.08. The molecule has 1 unspecified atom stereocenters. The lowest BCUT2D eigenvalue weighted by molar-refractivity contribution is 0.0940. The van der Waals surface area contributed by atoms with Crippen LogP contribution in [0, 0.1) is 19.8 Å². The first-order chi connectivity index (χ1) is 12.6. The molecule has 2 N–H and O–H groups in total. The molecule has 3 rings (SSSR count).